The monoisotopic (exact) mass is 406 g/mol. The van der Waals surface area contributed by atoms with E-state index in [-0.39, 0.29) is 23.5 Å². The van der Waals surface area contributed by atoms with Crippen molar-refractivity contribution in [3.05, 3.63) is 47.5 Å². The van der Waals surface area contributed by atoms with Crippen LogP contribution in [-0.4, -0.2) is 56.3 Å². The van der Waals surface area contributed by atoms with E-state index in [1.807, 2.05) is 19.9 Å². The molecule has 8 heteroatoms. The average molecular weight is 407 g/mol. The maximum absolute atomic E-state index is 12.7. The predicted octanol–water partition coefficient (Wildman–Crippen LogP) is 1.62. The van der Waals surface area contributed by atoms with Crippen molar-refractivity contribution in [2.75, 3.05) is 0 Å². The van der Waals surface area contributed by atoms with Gasteiger partial charge in [0.05, 0.1) is 11.3 Å². The van der Waals surface area contributed by atoms with Crippen molar-refractivity contribution >= 4 is 29.5 Å². The van der Waals surface area contributed by atoms with E-state index in [4.69, 9.17) is 0 Å². The summed E-state index contributed by atoms with van der Waals surface area (Å²) in [7, 11) is 0. The lowest BCUT2D eigenvalue weighted by Crippen LogP contribution is -2.55. The molecular weight excluding hydrogens is 380 g/mol. The second-order valence-electron chi connectivity index (χ2n) is 7.10. The van der Waals surface area contributed by atoms with Crippen LogP contribution in [0.5, 0.6) is 0 Å². The Morgan fingerprint density at radius 2 is 1.86 bits per heavy atom. The Morgan fingerprint density at radius 3 is 2.43 bits per heavy atom. The van der Waals surface area contributed by atoms with Gasteiger partial charge in [0.1, 0.15) is 6.04 Å². The Morgan fingerprint density at radius 1 is 1.21 bits per heavy atom. The second kappa shape index (κ2) is 9.75. The van der Waals surface area contributed by atoms with Crippen molar-refractivity contribution in [3.8, 4) is 0 Å². The third kappa shape index (κ3) is 5.36. The normalized spacial score (nSPS) is 20.0. The van der Waals surface area contributed by atoms with Gasteiger partial charge in [-0.15, -0.1) is 11.8 Å². The number of aliphatic carboxylic acids is 1. The third-order valence-electron chi connectivity index (χ3n) is 4.61. The average Bonchev–Trinajstić information content (AvgIpc) is 2.66. The standard InChI is InChI=1S/C20H26N2O5S/c1-12(2)17-19(25)22(9-10-28-17)13(3)18(24)21-15(16(23)20(26)27)11-14-7-5-4-6-8-14/h4-10,12-13,15-17,23H,11H2,1-3H3,(H,21,24)(H,26,27)/t13?,15-,16?,17?/m0/s1. The van der Waals surface area contributed by atoms with E-state index in [1.165, 1.54) is 16.7 Å². The predicted molar refractivity (Wildman–Crippen MR) is 107 cm³/mol. The minimum absolute atomic E-state index is 0.111. The Labute approximate surface area is 168 Å². The van der Waals surface area contributed by atoms with Gasteiger partial charge in [0.2, 0.25) is 11.8 Å². The molecule has 4 atom stereocenters. The molecule has 0 saturated carbocycles. The molecule has 3 unspecified atom stereocenters. The molecule has 2 rings (SSSR count). The quantitative estimate of drug-likeness (QED) is 0.606. The second-order valence-corrected chi connectivity index (χ2v) is 8.15. The van der Waals surface area contributed by atoms with Crippen LogP contribution in [0.4, 0.5) is 0 Å². The van der Waals surface area contributed by atoms with Crippen LogP contribution in [0.1, 0.15) is 26.3 Å². The molecule has 1 aromatic carbocycles. The van der Waals surface area contributed by atoms with Crippen LogP contribution in [0.25, 0.3) is 0 Å². The number of amides is 2. The number of carboxylic acids is 1. The molecule has 7 nitrogen and oxygen atoms in total. The topological polar surface area (TPSA) is 107 Å². The minimum Gasteiger partial charge on any atom is -0.479 e. The molecular formula is C20H26N2O5S. The molecule has 0 spiro atoms. The number of nitrogens with one attached hydrogen (secondary N) is 1. The lowest BCUT2D eigenvalue weighted by Gasteiger charge is -2.33. The van der Waals surface area contributed by atoms with Crippen LogP contribution in [0.3, 0.4) is 0 Å². The lowest BCUT2D eigenvalue weighted by atomic mass is 10.0. The van der Waals surface area contributed by atoms with E-state index < -0.39 is 30.1 Å². The minimum atomic E-state index is -1.76. The molecule has 0 radical (unpaired) electrons. The first-order valence-electron chi connectivity index (χ1n) is 9.11. The number of carbonyl (C=O) groups is 3. The summed E-state index contributed by atoms with van der Waals surface area (Å²) in [5.41, 5.74) is 0.783. The fraction of sp³-hybridized carbons (Fsp3) is 0.450. The van der Waals surface area contributed by atoms with Crippen LogP contribution < -0.4 is 5.32 Å². The number of thioether (sulfide) groups is 1. The van der Waals surface area contributed by atoms with Crippen molar-refractivity contribution in [2.24, 2.45) is 5.92 Å². The summed E-state index contributed by atoms with van der Waals surface area (Å²) in [6.45, 7) is 5.46. The first-order chi connectivity index (χ1) is 13.2. The molecule has 0 aromatic heterocycles. The molecule has 3 N–H and O–H groups in total. The van der Waals surface area contributed by atoms with Crippen molar-refractivity contribution in [3.63, 3.8) is 0 Å². The molecule has 0 bridgehead atoms. The number of carbonyl (C=O) groups excluding carboxylic acids is 2. The maximum Gasteiger partial charge on any atom is 0.334 e. The number of hydrogen-bond acceptors (Lipinski definition) is 5. The molecule has 28 heavy (non-hydrogen) atoms. The number of benzene rings is 1. The lowest BCUT2D eigenvalue weighted by molar-refractivity contribution is -0.149. The number of carboxylic acid groups (broad SMARTS) is 1. The van der Waals surface area contributed by atoms with Crippen molar-refractivity contribution in [2.45, 2.75) is 50.6 Å². The molecule has 1 aromatic rings. The summed E-state index contributed by atoms with van der Waals surface area (Å²) in [6, 6.07) is 7.15. The molecule has 152 valence electrons. The number of hydrogen-bond donors (Lipinski definition) is 3. The SMILES string of the molecule is CC(C)C1SC=CN(C(C)C(=O)N[C@@H](Cc2ccccc2)C(O)C(=O)O)C1=O. The van der Waals surface area contributed by atoms with Gasteiger partial charge in [0.15, 0.2) is 6.10 Å². The van der Waals surface area contributed by atoms with Gasteiger partial charge < -0.3 is 20.4 Å². The maximum atomic E-state index is 12.7. The summed E-state index contributed by atoms with van der Waals surface area (Å²) in [6.07, 6.45) is -0.0420. The van der Waals surface area contributed by atoms with Gasteiger partial charge in [0.25, 0.3) is 0 Å². The Hall–Kier alpha value is -2.32. The smallest absolute Gasteiger partial charge is 0.334 e. The van der Waals surface area contributed by atoms with Gasteiger partial charge in [0, 0.05) is 6.20 Å². The van der Waals surface area contributed by atoms with Crippen LogP contribution in [0.15, 0.2) is 41.9 Å². The van der Waals surface area contributed by atoms with Crippen molar-refractivity contribution in [1.82, 2.24) is 10.2 Å². The van der Waals surface area contributed by atoms with Gasteiger partial charge >= 0.3 is 5.97 Å². The van der Waals surface area contributed by atoms with Crippen LogP contribution in [-0.2, 0) is 20.8 Å². The highest BCUT2D eigenvalue weighted by atomic mass is 32.2. The van der Waals surface area contributed by atoms with Crippen molar-refractivity contribution < 1.29 is 24.6 Å². The largest absolute Gasteiger partial charge is 0.479 e. The van der Waals surface area contributed by atoms with E-state index >= 15 is 0 Å². The van der Waals surface area contributed by atoms with E-state index in [9.17, 15) is 24.6 Å². The molecule has 1 aliphatic heterocycles. The first-order valence-corrected chi connectivity index (χ1v) is 10.1. The number of aliphatic hydroxyl groups excluding tert-OH is 1. The molecule has 2 amide bonds. The van der Waals surface area contributed by atoms with E-state index in [2.05, 4.69) is 5.32 Å². The Bertz CT molecular complexity index is 737. The van der Waals surface area contributed by atoms with Crippen LogP contribution >= 0.6 is 11.8 Å². The summed E-state index contributed by atoms with van der Waals surface area (Å²) < 4.78 is 0. The van der Waals surface area contributed by atoms with E-state index in [0.29, 0.717) is 0 Å². The highest BCUT2D eigenvalue weighted by Gasteiger charge is 2.36. The third-order valence-corrected chi connectivity index (χ3v) is 5.92. The van der Waals surface area contributed by atoms with Gasteiger partial charge in [-0.05, 0) is 30.2 Å². The van der Waals surface area contributed by atoms with Gasteiger partial charge in [-0.2, -0.15) is 0 Å². The molecule has 1 heterocycles. The number of rotatable bonds is 8. The molecule has 0 fully saturated rings. The summed E-state index contributed by atoms with van der Waals surface area (Å²) in [4.78, 5) is 38.0. The van der Waals surface area contributed by atoms with Crippen LogP contribution in [0.2, 0.25) is 0 Å². The van der Waals surface area contributed by atoms with Crippen LogP contribution in [0, 0.1) is 5.92 Å². The number of nitrogens with zero attached hydrogens (tertiary/aromatic N) is 1. The van der Waals surface area contributed by atoms with E-state index in [0.717, 1.165) is 5.56 Å². The van der Waals surface area contributed by atoms with Gasteiger partial charge in [-0.1, -0.05) is 44.2 Å². The highest BCUT2D eigenvalue weighted by molar-refractivity contribution is 8.03. The van der Waals surface area contributed by atoms with Gasteiger partial charge in [-0.3, -0.25) is 9.59 Å². The van der Waals surface area contributed by atoms with Gasteiger partial charge in [-0.25, -0.2) is 4.79 Å². The van der Waals surface area contributed by atoms with E-state index in [1.54, 1.807) is 42.8 Å². The Kier molecular flexibility index (Phi) is 7.65. The molecule has 0 saturated heterocycles. The first kappa shape index (κ1) is 22.0. The fourth-order valence-corrected chi connectivity index (χ4v) is 3.86. The molecule has 1 aliphatic rings. The Balaban J connectivity index is 2.13. The summed E-state index contributed by atoms with van der Waals surface area (Å²) in [5, 5.41) is 23.3. The highest BCUT2D eigenvalue weighted by Crippen LogP contribution is 2.28. The fourth-order valence-electron chi connectivity index (χ4n) is 2.94. The summed E-state index contributed by atoms with van der Waals surface area (Å²) >= 11 is 1.42. The zero-order valence-electron chi connectivity index (χ0n) is 16.1. The zero-order chi connectivity index (χ0) is 20.8. The summed E-state index contributed by atoms with van der Waals surface area (Å²) in [5.74, 6) is -1.99. The number of aliphatic hydroxyl groups is 1. The zero-order valence-corrected chi connectivity index (χ0v) is 16.9. The molecule has 0 aliphatic carbocycles. The van der Waals surface area contributed by atoms with Crippen molar-refractivity contribution in [1.29, 1.82) is 0 Å².